The van der Waals surface area contributed by atoms with Crippen molar-refractivity contribution in [3.05, 3.63) is 133 Å². The predicted molar refractivity (Wildman–Crippen MR) is 157 cm³/mol. The lowest BCUT2D eigenvalue weighted by Crippen LogP contribution is -1.91. The summed E-state index contributed by atoms with van der Waals surface area (Å²) in [5, 5.41) is 9.12. The first kappa shape index (κ1) is 19.3. The molecule has 0 aliphatic rings. The van der Waals surface area contributed by atoms with Gasteiger partial charge in [-0.15, -0.1) is 0 Å². The molecule has 0 N–H and O–H groups in total. The van der Waals surface area contributed by atoms with Gasteiger partial charge < -0.3 is 4.42 Å². The molecular formula is C36H22O. The molecule has 37 heavy (non-hydrogen) atoms. The molecule has 0 spiro atoms. The van der Waals surface area contributed by atoms with Crippen LogP contribution in [-0.4, -0.2) is 0 Å². The second kappa shape index (κ2) is 7.81. The zero-order valence-electron chi connectivity index (χ0n) is 21.0. The van der Waals surface area contributed by atoms with Gasteiger partial charge in [0.15, 0.2) is 0 Å². The third-order valence-corrected chi connectivity index (χ3v) is 7.59. The van der Waals surface area contributed by atoms with Crippen LogP contribution in [0.3, 0.4) is 0 Å². The lowest BCUT2D eigenvalue weighted by atomic mass is 9.85. The van der Waals surface area contributed by atoms with Gasteiger partial charge in [0.1, 0.15) is 11.2 Å². The highest BCUT2D eigenvalue weighted by Gasteiger charge is 2.20. The third-order valence-electron chi connectivity index (χ3n) is 7.59. The molecule has 7 aromatic carbocycles. The zero-order valence-corrected chi connectivity index (χ0v) is 20.0. The molecule has 0 saturated heterocycles. The fourth-order valence-electron chi connectivity index (χ4n) is 6.03. The Labute approximate surface area is 215 Å². The van der Waals surface area contributed by atoms with Gasteiger partial charge in [0.25, 0.3) is 0 Å². The molecule has 0 fully saturated rings. The Kier molecular flexibility index (Phi) is 4.08. The van der Waals surface area contributed by atoms with E-state index in [2.05, 4.69) is 115 Å². The summed E-state index contributed by atoms with van der Waals surface area (Å²) in [5.74, 6) is 0. The van der Waals surface area contributed by atoms with Crippen molar-refractivity contribution in [3.8, 4) is 22.3 Å². The lowest BCUT2D eigenvalue weighted by molar-refractivity contribution is 0.673. The normalized spacial score (nSPS) is 12.2. The van der Waals surface area contributed by atoms with Crippen LogP contribution >= 0.6 is 0 Å². The van der Waals surface area contributed by atoms with Crippen LogP contribution in [0, 0.1) is 0 Å². The highest BCUT2D eigenvalue weighted by atomic mass is 16.3. The van der Waals surface area contributed by atoms with Crippen molar-refractivity contribution in [1.29, 1.82) is 0 Å². The van der Waals surface area contributed by atoms with E-state index in [4.69, 9.17) is 5.79 Å². The molecule has 0 aliphatic heterocycles. The Morgan fingerprint density at radius 3 is 1.97 bits per heavy atom. The molecule has 1 heterocycles. The van der Waals surface area contributed by atoms with Gasteiger partial charge in [-0.05, 0) is 61.3 Å². The molecule has 0 bridgehead atoms. The number of furan rings is 1. The Morgan fingerprint density at radius 2 is 1.14 bits per heavy atom. The average molecular weight is 472 g/mol. The summed E-state index contributed by atoms with van der Waals surface area (Å²) >= 11 is 0. The van der Waals surface area contributed by atoms with Crippen LogP contribution < -0.4 is 0 Å². The quantitative estimate of drug-likeness (QED) is 0.229. The molecule has 1 aromatic heterocycles. The first-order valence-corrected chi connectivity index (χ1v) is 12.6. The first-order valence-electron chi connectivity index (χ1n) is 13.1. The largest absolute Gasteiger partial charge is 0.455 e. The summed E-state index contributed by atoms with van der Waals surface area (Å²) in [7, 11) is 0. The zero-order chi connectivity index (χ0) is 25.2. The van der Waals surface area contributed by atoms with E-state index in [1.807, 2.05) is 12.1 Å². The molecule has 1 nitrogen and oxygen atoms in total. The van der Waals surface area contributed by atoms with Crippen molar-refractivity contribution in [2.45, 2.75) is 0 Å². The standard InChI is InChI=1S/C36H22O/c1-2-12-24(13-3-1)33-26-15-6-8-17-28(26)34(29-18-9-7-16-27(29)33)30-19-10-20-32-35(30)31-22-21-23-11-4-5-14-25(23)36(31)37-32/h1-22H/i8D. The highest BCUT2D eigenvalue weighted by molar-refractivity contribution is 6.26. The van der Waals surface area contributed by atoms with Gasteiger partial charge in [-0.25, -0.2) is 0 Å². The molecule has 172 valence electrons. The lowest BCUT2D eigenvalue weighted by Gasteiger charge is -2.18. The second-order valence-electron chi connectivity index (χ2n) is 9.58. The van der Waals surface area contributed by atoms with Gasteiger partial charge in [0, 0.05) is 16.2 Å². The summed E-state index contributed by atoms with van der Waals surface area (Å²) < 4.78 is 15.1. The molecule has 0 saturated carbocycles. The number of hydrogen-bond acceptors (Lipinski definition) is 1. The van der Waals surface area contributed by atoms with E-state index >= 15 is 0 Å². The van der Waals surface area contributed by atoms with Crippen molar-refractivity contribution >= 4 is 54.3 Å². The minimum Gasteiger partial charge on any atom is -0.455 e. The average Bonchev–Trinajstić information content (AvgIpc) is 3.36. The fourth-order valence-corrected chi connectivity index (χ4v) is 6.03. The van der Waals surface area contributed by atoms with Crippen LogP contribution in [0.25, 0.3) is 76.5 Å². The van der Waals surface area contributed by atoms with E-state index in [0.29, 0.717) is 6.04 Å². The molecule has 0 radical (unpaired) electrons. The molecule has 1 heteroatoms. The van der Waals surface area contributed by atoms with Crippen LogP contribution in [0.2, 0.25) is 0 Å². The van der Waals surface area contributed by atoms with E-state index in [1.165, 1.54) is 27.3 Å². The second-order valence-corrected chi connectivity index (χ2v) is 9.58. The molecule has 0 unspecified atom stereocenters. The Balaban J connectivity index is 1.58. The van der Waals surface area contributed by atoms with Gasteiger partial charge in [0.2, 0.25) is 0 Å². The van der Waals surface area contributed by atoms with Gasteiger partial charge in [-0.1, -0.05) is 121 Å². The SMILES string of the molecule is [2H]c1ccc2c(-c3ccccc3)c3ccccc3c(-c3cccc4oc5c6ccccc6ccc5c34)c2c1. The minimum absolute atomic E-state index is 0.503. The smallest absolute Gasteiger partial charge is 0.143 e. The van der Waals surface area contributed by atoms with Gasteiger partial charge in [0.05, 0.1) is 1.37 Å². The molecule has 8 rings (SSSR count). The van der Waals surface area contributed by atoms with Gasteiger partial charge >= 0.3 is 0 Å². The van der Waals surface area contributed by atoms with Crippen LogP contribution in [-0.2, 0) is 0 Å². The Hall–Kier alpha value is -4.88. The van der Waals surface area contributed by atoms with Crippen LogP contribution in [0.5, 0.6) is 0 Å². The van der Waals surface area contributed by atoms with E-state index in [-0.39, 0.29) is 0 Å². The summed E-state index contributed by atoms with van der Waals surface area (Å²) in [6.45, 7) is 0. The van der Waals surface area contributed by atoms with Crippen molar-refractivity contribution in [3.63, 3.8) is 0 Å². The molecule has 0 atom stereocenters. The number of hydrogen-bond donors (Lipinski definition) is 0. The Bertz CT molecular complexity index is 2190. The van der Waals surface area contributed by atoms with Crippen LogP contribution in [0.1, 0.15) is 1.37 Å². The topological polar surface area (TPSA) is 13.1 Å². The van der Waals surface area contributed by atoms with Crippen LogP contribution in [0.15, 0.2) is 138 Å². The van der Waals surface area contributed by atoms with E-state index in [9.17, 15) is 0 Å². The number of rotatable bonds is 2. The first-order chi connectivity index (χ1) is 18.8. The third kappa shape index (κ3) is 2.92. The number of benzene rings is 7. The maximum absolute atomic E-state index is 8.56. The van der Waals surface area contributed by atoms with Crippen molar-refractivity contribution in [1.82, 2.24) is 0 Å². The predicted octanol–water partition coefficient (Wildman–Crippen LogP) is 10.4. The maximum Gasteiger partial charge on any atom is 0.143 e. The van der Waals surface area contributed by atoms with Crippen LogP contribution in [0.4, 0.5) is 0 Å². The van der Waals surface area contributed by atoms with E-state index in [0.717, 1.165) is 49.2 Å². The minimum atomic E-state index is 0.503. The van der Waals surface area contributed by atoms with E-state index in [1.54, 1.807) is 0 Å². The van der Waals surface area contributed by atoms with E-state index < -0.39 is 0 Å². The molecule has 8 aromatic rings. The molecular weight excluding hydrogens is 448 g/mol. The molecule has 0 amide bonds. The Morgan fingerprint density at radius 1 is 0.459 bits per heavy atom. The fraction of sp³-hybridized carbons (Fsp3) is 0. The monoisotopic (exact) mass is 471 g/mol. The van der Waals surface area contributed by atoms with Crippen molar-refractivity contribution in [2.24, 2.45) is 0 Å². The van der Waals surface area contributed by atoms with Crippen molar-refractivity contribution in [2.75, 3.05) is 0 Å². The maximum atomic E-state index is 8.56. The summed E-state index contributed by atoms with van der Waals surface area (Å²) in [4.78, 5) is 0. The van der Waals surface area contributed by atoms with Gasteiger partial charge in [-0.3, -0.25) is 0 Å². The highest BCUT2D eigenvalue weighted by Crippen LogP contribution is 2.47. The molecule has 0 aliphatic carbocycles. The summed E-state index contributed by atoms with van der Waals surface area (Å²) in [6, 6.07) is 44.8. The summed E-state index contributed by atoms with van der Waals surface area (Å²) in [6.07, 6.45) is 0. The summed E-state index contributed by atoms with van der Waals surface area (Å²) in [5.41, 5.74) is 6.45. The number of fused-ring (bicyclic) bond motifs is 7. The van der Waals surface area contributed by atoms with Crippen molar-refractivity contribution < 1.29 is 5.79 Å². The van der Waals surface area contributed by atoms with Gasteiger partial charge in [-0.2, -0.15) is 0 Å².